The molecule has 0 unspecified atom stereocenters. The summed E-state index contributed by atoms with van der Waals surface area (Å²) in [7, 11) is 0. The Labute approximate surface area is 159 Å². The molecule has 0 aromatic carbocycles. The number of aryl methyl sites for hydroxylation is 1. The van der Waals surface area contributed by atoms with Gasteiger partial charge in [-0.3, -0.25) is 4.98 Å². The molecule has 7 heteroatoms. The molecular formula is C20H27N5O2. The molecule has 0 radical (unpaired) electrons. The van der Waals surface area contributed by atoms with Gasteiger partial charge in [-0.25, -0.2) is 4.98 Å². The van der Waals surface area contributed by atoms with Gasteiger partial charge in [0.1, 0.15) is 11.4 Å². The second-order valence-corrected chi connectivity index (χ2v) is 7.70. The van der Waals surface area contributed by atoms with Gasteiger partial charge >= 0.3 is 0 Å². The molecule has 27 heavy (non-hydrogen) atoms. The fraction of sp³-hybridized carbons (Fsp3) is 0.550. The number of hydrogen-bond acceptors (Lipinski definition) is 7. The van der Waals surface area contributed by atoms with E-state index >= 15 is 0 Å². The van der Waals surface area contributed by atoms with E-state index < -0.39 is 5.60 Å². The van der Waals surface area contributed by atoms with E-state index in [1.165, 1.54) is 0 Å². The minimum Gasteiger partial charge on any atom is -0.391 e. The molecule has 0 bridgehead atoms. The van der Waals surface area contributed by atoms with Crippen LogP contribution in [0, 0.1) is 6.92 Å². The first-order chi connectivity index (χ1) is 13.0. The first-order valence-electron chi connectivity index (χ1n) is 9.70. The smallest absolute Gasteiger partial charge is 0.227 e. The van der Waals surface area contributed by atoms with Crippen LogP contribution < -0.4 is 9.80 Å². The van der Waals surface area contributed by atoms with E-state index in [0.29, 0.717) is 38.4 Å². The lowest BCUT2D eigenvalue weighted by Crippen LogP contribution is -2.44. The van der Waals surface area contributed by atoms with Crippen LogP contribution in [0.2, 0.25) is 0 Å². The van der Waals surface area contributed by atoms with E-state index in [9.17, 15) is 10.2 Å². The summed E-state index contributed by atoms with van der Waals surface area (Å²) < 4.78 is 0. The van der Waals surface area contributed by atoms with Gasteiger partial charge in [-0.15, -0.1) is 0 Å². The monoisotopic (exact) mass is 369 g/mol. The van der Waals surface area contributed by atoms with Crippen molar-refractivity contribution in [1.82, 2.24) is 15.0 Å². The van der Waals surface area contributed by atoms with E-state index in [0.717, 1.165) is 36.5 Å². The number of nitrogens with zero attached hydrogens (tertiary/aromatic N) is 5. The van der Waals surface area contributed by atoms with Gasteiger partial charge in [-0.2, -0.15) is 4.98 Å². The third kappa shape index (κ3) is 3.89. The highest BCUT2D eigenvalue weighted by molar-refractivity contribution is 5.44. The Balaban J connectivity index is 1.45. The molecule has 4 rings (SSSR count). The lowest BCUT2D eigenvalue weighted by Gasteiger charge is -2.38. The highest BCUT2D eigenvalue weighted by atomic mass is 16.3. The van der Waals surface area contributed by atoms with Crippen molar-refractivity contribution in [3.05, 3.63) is 41.9 Å². The van der Waals surface area contributed by atoms with E-state index in [-0.39, 0.29) is 6.10 Å². The van der Waals surface area contributed by atoms with Crippen LogP contribution in [-0.2, 0) is 5.60 Å². The standard InChI is InChI=1S/C20H27N5O2/c1-15-4-5-17(22-13-15)20(27)7-11-24(12-8-20)19-21-9-6-18(23-19)25-10-2-3-16(26)14-25/h4-6,9,13,16,26-27H,2-3,7-8,10-12,14H2,1H3/t16-/m1/s1. The molecule has 0 saturated carbocycles. The quantitative estimate of drug-likeness (QED) is 0.850. The van der Waals surface area contributed by atoms with Crippen LogP contribution in [0.25, 0.3) is 0 Å². The molecule has 2 N–H and O–H groups in total. The van der Waals surface area contributed by atoms with Gasteiger partial charge in [0.15, 0.2) is 0 Å². The molecule has 2 aliphatic heterocycles. The zero-order chi connectivity index (χ0) is 18.9. The van der Waals surface area contributed by atoms with Crippen molar-refractivity contribution < 1.29 is 10.2 Å². The largest absolute Gasteiger partial charge is 0.391 e. The lowest BCUT2D eigenvalue weighted by molar-refractivity contribution is 0.00736. The fourth-order valence-corrected chi connectivity index (χ4v) is 3.91. The topological polar surface area (TPSA) is 85.6 Å². The predicted octanol–water partition coefficient (Wildman–Crippen LogP) is 1.63. The number of rotatable bonds is 3. The summed E-state index contributed by atoms with van der Waals surface area (Å²) in [4.78, 5) is 17.8. The van der Waals surface area contributed by atoms with E-state index in [2.05, 4.69) is 19.8 Å². The van der Waals surface area contributed by atoms with Crippen LogP contribution in [-0.4, -0.2) is 57.4 Å². The molecule has 144 valence electrons. The average molecular weight is 369 g/mol. The van der Waals surface area contributed by atoms with Crippen molar-refractivity contribution in [1.29, 1.82) is 0 Å². The average Bonchev–Trinajstić information content (AvgIpc) is 2.69. The van der Waals surface area contributed by atoms with Gasteiger partial charge in [0.05, 0.1) is 11.8 Å². The van der Waals surface area contributed by atoms with Crippen LogP contribution >= 0.6 is 0 Å². The molecule has 2 saturated heterocycles. The second kappa shape index (κ2) is 7.40. The van der Waals surface area contributed by atoms with E-state index in [1.54, 1.807) is 12.4 Å². The maximum atomic E-state index is 11.0. The first kappa shape index (κ1) is 18.1. The Bertz CT molecular complexity index is 774. The Kier molecular flexibility index (Phi) is 4.97. The Hall–Kier alpha value is -2.25. The van der Waals surface area contributed by atoms with Gasteiger partial charge in [0.25, 0.3) is 0 Å². The number of aliphatic hydroxyl groups excluding tert-OH is 1. The van der Waals surface area contributed by atoms with Gasteiger partial charge < -0.3 is 20.0 Å². The Morgan fingerprint density at radius 1 is 1.07 bits per heavy atom. The van der Waals surface area contributed by atoms with Gasteiger partial charge in [0.2, 0.25) is 5.95 Å². The third-order valence-corrected chi connectivity index (χ3v) is 5.61. The van der Waals surface area contributed by atoms with Gasteiger partial charge in [-0.05, 0) is 50.3 Å². The predicted molar refractivity (Wildman–Crippen MR) is 104 cm³/mol. The van der Waals surface area contributed by atoms with Crippen molar-refractivity contribution >= 4 is 11.8 Å². The number of pyridine rings is 1. The normalized spacial score (nSPS) is 22.7. The Morgan fingerprint density at radius 2 is 1.89 bits per heavy atom. The van der Waals surface area contributed by atoms with Crippen molar-refractivity contribution in [2.45, 2.75) is 44.3 Å². The highest BCUT2D eigenvalue weighted by Gasteiger charge is 2.36. The fourth-order valence-electron chi connectivity index (χ4n) is 3.91. The summed E-state index contributed by atoms with van der Waals surface area (Å²) in [5, 5.41) is 20.9. The minimum absolute atomic E-state index is 0.288. The molecule has 0 amide bonds. The number of piperidine rings is 2. The molecule has 0 aliphatic carbocycles. The molecular weight excluding hydrogens is 342 g/mol. The summed E-state index contributed by atoms with van der Waals surface area (Å²) in [6, 6.07) is 5.81. The summed E-state index contributed by atoms with van der Waals surface area (Å²) in [5.74, 6) is 1.55. The van der Waals surface area contributed by atoms with Crippen LogP contribution in [0.5, 0.6) is 0 Å². The number of hydrogen-bond donors (Lipinski definition) is 2. The minimum atomic E-state index is -0.890. The summed E-state index contributed by atoms with van der Waals surface area (Å²) in [6.45, 7) is 4.88. The van der Waals surface area contributed by atoms with Gasteiger partial charge in [-0.1, -0.05) is 6.07 Å². The molecule has 7 nitrogen and oxygen atoms in total. The van der Waals surface area contributed by atoms with Crippen molar-refractivity contribution in [3.63, 3.8) is 0 Å². The lowest BCUT2D eigenvalue weighted by atomic mass is 9.87. The number of aromatic nitrogens is 3. The van der Waals surface area contributed by atoms with E-state index in [1.807, 2.05) is 25.1 Å². The third-order valence-electron chi connectivity index (χ3n) is 5.61. The van der Waals surface area contributed by atoms with Crippen LogP contribution in [0.3, 0.4) is 0 Å². The molecule has 2 aromatic rings. The molecule has 4 heterocycles. The zero-order valence-corrected chi connectivity index (χ0v) is 15.8. The molecule has 0 spiro atoms. The molecule has 1 atom stereocenters. The maximum absolute atomic E-state index is 11.0. The second-order valence-electron chi connectivity index (χ2n) is 7.70. The molecule has 2 aliphatic rings. The highest BCUT2D eigenvalue weighted by Crippen LogP contribution is 2.33. The number of anilines is 2. The Morgan fingerprint density at radius 3 is 2.59 bits per heavy atom. The molecule has 2 fully saturated rings. The first-order valence-corrected chi connectivity index (χ1v) is 9.70. The molecule has 2 aromatic heterocycles. The summed E-state index contributed by atoms with van der Waals surface area (Å²) >= 11 is 0. The SMILES string of the molecule is Cc1ccc(C2(O)CCN(c3nccc(N4CCC[C@@H](O)C4)n3)CC2)nc1. The number of aliphatic hydroxyl groups is 2. The summed E-state index contributed by atoms with van der Waals surface area (Å²) in [5.41, 5.74) is 0.941. The van der Waals surface area contributed by atoms with Gasteiger partial charge in [0, 0.05) is 38.6 Å². The maximum Gasteiger partial charge on any atom is 0.227 e. The number of β-amino-alcohol motifs (C(OH)–C–C–N with tert-alkyl or cyclic N) is 1. The van der Waals surface area contributed by atoms with Crippen LogP contribution in [0.4, 0.5) is 11.8 Å². The van der Waals surface area contributed by atoms with Crippen LogP contribution in [0.15, 0.2) is 30.6 Å². The summed E-state index contributed by atoms with van der Waals surface area (Å²) in [6.07, 6.45) is 6.31. The van der Waals surface area contributed by atoms with E-state index in [4.69, 9.17) is 4.98 Å². The van der Waals surface area contributed by atoms with Crippen LogP contribution in [0.1, 0.15) is 36.9 Å². The zero-order valence-electron chi connectivity index (χ0n) is 15.8. The van der Waals surface area contributed by atoms with Crippen molar-refractivity contribution in [2.75, 3.05) is 36.0 Å². The van der Waals surface area contributed by atoms with Crippen molar-refractivity contribution in [3.8, 4) is 0 Å². The van der Waals surface area contributed by atoms with Crippen molar-refractivity contribution in [2.24, 2.45) is 0 Å².